The summed E-state index contributed by atoms with van der Waals surface area (Å²) in [5.41, 5.74) is -0.865. The molecule has 9 nitrogen and oxygen atoms in total. The number of cyclic esters (lactones) is 1. The highest BCUT2D eigenvalue weighted by atomic mass is 16.6. The van der Waals surface area contributed by atoms with E-state index in [1.54, 1.807) is 7.11 Å². The lowest BCUT2D eigenvalue weighted by Crippen LogP contribution is -2.59. The van der Waals surface area contributed by atoms with E-state index < -0.39 is 40.5 Å². The minimum Gasteiger partial charge on any atom is -0.497 e. The molecule has 9 heteroatoms. The summed E-state index contributed by atoms with van der Waals surface area (Å²) in [4.78, 5) is 30.8. The number of nitrogens with one attached hydrogen (secondary N) is 1. The van der Waals surface area contributed by atoms with Gasteiger partial charge in [-0.1, -0.05) is 26.0 Å². The molecule has 4 heterocycles. The van der Waals surface area contributed by atoms with E-state index in [0.717, 1.165) is 36.8 Å². The highest BCUT2D eigenvalue weighted by Gasteiger charge is 2.79. The van der Waals surface area contributed by atoms with Crippen molar-refractivity contribution in [3.8, 4) is 5.75 Å². The van der Waals surface area contributed by atoms with Crippen LogP contribution < -0.4 is 10.1 Å². The molecule has 2 saturated carbocycles. The van der Waals surface area contributed by atoms with Crippen LogP contribution >= 0.6 is 0 Å². The summed E-state index contributed by atoms with van der Waals surface area (Å²) < 4.78 is 11.3. The minimum absolute atomic E-state index is 0.0348. The van der Waals surface area contributed by atoms with E-state index in [4.69, 9.17) is 9.47 Å². The molecule has 0 bridgehead atoms. The molecule has 5 fully saturated rings. The Hall–Kier alpha value is -2.46. The van der Waals surface area contributed by atoms with Crippen molar-refractivity contribution < 1.29 is 34.4 Å². The van der Waals surface area contributed by atoms with Crippen LogP contribution in [0.4, 0.5) is 5.69 Å². The number of nitrogens with zero attached hydrogens (tertiary/aromatic N) is 1. The number of aliphatic hydroxyl groups is 3. The summed E-state index contributed by atoms with van der Waals surface area (Å²) in [6, 6.07) is 5.27. The standard InChI is InChI=1S/C33H44N2O7/c1-18-7-10-23-30(2,12-11-26(37)31(23,3)17-36)20(18)15-24-32(27(38)16-42-29(32)40)25-6-5-13-35(25)33(24)21-14-19(41-4)8-9-22(21)34-28(33)39/h8-9,14,20,23-27,36-38H,1,5-7,10-13,15-17H2,2-4H3,(H,34,39)/t20-,23+,24?,25?,26-,27+,30+,31+,32-,33+/m1/s1. The summed E-state index contributed by atoms with van der Waals surface area (Å²) in [6.45, 7) is 9.24. The van der Waals surface area contributed by atoms with E-state index in [2.05, 4.69) is 23.7 Å². The highest BCUT2D eigenvalue weighted by molar-refractivity contribution is 6.07. The monoisotopic (exact) mass is 580 g/mol. The lowest BCUT2D eigenvalue weighted by atomic mass is 9.44. The lowest BCUT2D eigenvalue weighted by Gasteiger charge is -2.60. The predicted molar refractivity (Wildman–Crippen MR) is 154 cm³/mol. The fourth-order valence-electron chi connectivity index (χ4n) is 11.0. The Kier molecular flexibility index (Phi) is 6.25. The van der Waals surface area contributed by atoms with Gasteiger partial charge < -0.3 is 30.1 Å². The van der Waals surface area contributed by atoms with Crippen LogP contribution in [0.3, 0.4) is 0 Å². The molecular weight excluding hydrogens is 536 g/mol. The fourth-order valence-corrected chi connectivity index (χ4v) is 11.0. The molecule has 1 amide bonds. The molecule has 228 valence electrons. The number of hydrogen-bond acceptors (Lipinski definition) is 8. The van der Waals surface area contributed by atoms with Crippen molar-refractivity contribution in [3.63, 3.8) is 0 Å². The van der Waals surface area contributed by atoms with Crippen LogP contribution in [-0.4, -0.2) is 77.2 Å². The first-order valence-electron chi connectivity index (χ1n) is 15.6. The van der Waals surface area contributed by atoms with Gasteiger partial charge in [0.25, 0.3) is 0 Å². The molecule has 6 aliphatic rings. The summed E-state index contributed by atoms with van der Waals surface area (Å²) in [7, 11) is 1.60. The van der Waals surface area contributed by atoms with Gasteiger partial charge in [0.15, 0.2) is 0 Å². The van der Waals surface area contributed by atoms with Gasteiger partial charge in [0, 0.05) is 28.6 Å². The maximum absolute atomic E-state index is 14.5. The number of methoxy groups -OCH3 is 1. The molecule has 10 atom stereocenters. The molecular formula is C33H44N2O7. The third-order valence-electron chi connectivity index (χ3n) is 13.0. The Balaban J connectivity index is 1.43. The highest BCUT2D eigenvalue weighted by Crippen LogP contribution is 2.70. The molecule has 7 rings (SSSR count). The van der Waals surface area contributed by atoms with E-state index in [0.29, 0.717) is 37.2 Å². The molecule has 1 aromatic carbocycles. The Bertz CT molecular complexity index is 1350. The van der Waals surface area contributed by atoms with Gasteiger partial charge in [0.1, 0.15) is 29.4 Å². The average molecular weight is 581 g/mol. The van der Waals surface area contributed by atoms with Crippen LogP contribution in [0, 0.1) is 34.0 Å². The molecule has 0 radical (unpaired) electrons. The number of ether oxygens (including phenoxy) is 2. The third kappa shape index (κ3) is 3.18. The SMILES string of the molecule is C=C1CC[C@@H]2[C@](C)(CO)[C@H](O)CC[C@@]2(C)[C@@H]1CC1[C@@]2(C(=O)OC[C@@H]2O)C2CCCN2[C@]12C(=O)Nc1ccc(OC)cc12. The van der Waals surface area contributed by atoms with Crippen LogP contribution in [0.5, 0.6) is 5.75 Å². The average Bonchev–Trinajstić information content (AvgIpc) is 3.70. The van der Waals surface area contributed by atoms with Gasteiger partial charge in [-0.15, -0.1) is 0 Å². The molecule has 2 spiro atoms. The third-order valence-corrected chi connectivity index (χ3v) is 13.0. The molecule has 4 aliphatic heterocycles. The Morgan fingerprint density at radius 2 is 1.95 bits per heavy atom. The molecule has 4 N–H and O–H groups in total. The fraction of sp³-hybridized carbons (Fsp3) is 0.697. The van der Waals surface area contributed by atoms with Crippen molar-refractivity contribution in [1.82, 2.24) is 4.90 Å². The second kappa shape index (κ2) is 9.27. The van der Waals surface area contributed by atoms with Gasteiger partial charge >= 0.3 is 5.97 Å². The first kappa shape index (κ1) is 28.3. The number of carbonyl (C=O) groups excluding carboxylic acids is 2. The number of carbonyl (C=O) groups is 2. The Morgan fingerprint density at radius 3 is 2.64 bits per heavy atom. The normalized spacial score (nSPS) is 46.1. The van der Waals surface area contributed by atoms with Crippen LogP contribution in [0.25, 0.3) is 0 Å². The molecule has 1 aromatic rings. The molecule has 2 unspecified atom stereocenters. The van der Waals surface area contributed by atoms with Crippen LogP contribution in [0.2, 0.25) is 0 Å². The molecule has 0 aromatic heterocycles. The number of aliphatic hydroxyl groups excluding tert-OH is 3. The number of anilines is 1. The molecule has 42 heavy (non-hydrogen) atoms. The number of amides is 1. The summed E-state index contributed by atoms with van der Waals surface area (Å²) in [6.07, 6.45) is 3.21. The number of allylic oxidation sites excluding steroid dienone is 1. The van der Waals surface area contributed by atoms with Gasteiger partial charge in [0.2, 0.25) is 5.91 Å². The van der Waals surface area contributed by atoms with Crippen molar-refractivity contribution >= 4 is 17.6 Å². The van der Waals surface area contributed by atoms with Crippen molar-refractivity contribution in [2.45, 2.75) is 82.6 Å². The van der Waals surface area contributed by atoms with E-state index in [-0.39, 0.29) is 42.4 Å². The van der Waals surface area contributed by atoms with Crippen LogP contribution in [0.1, 0.15) is 64.4 Å². The first-order valence-corrected chi connectivity index (χ1v) is 15.6. The lowest BCUT2D eigenvalue weighted by molar-refractivity contribution is -0.161. The van der Waals surface area contributed by atoms with Crippen molar-refractivity contribution in [3.05, 3.63) is 35.9 Å². The van der Waals surface area contributed by atoms with Crippen molar-refractivity contribution in [2.24, 2.45) is 34.0 Å². The largest absolute Gasteiger partial charge is 0.497 e. The summed E-state index contributed by atoms with van der Waals surface area (Å²) >= 11 is 0. The maximum atomic E-state index is 14.5. The maximum Gasteiger partial charge on any atom is 0.316 e. The zero-order valence-corrected chi connectivity index (χ0v) is 24.9. The van der Waals surface area contributed by atoms with Crippen LogP contribution in [-0.2, 0) is 19.9 Å². The number of hydrogen-bond donors (Lipinski definition) is 4. The quantitative estimate of drug-likeness (QED) is 0.316. The number of fused-ring (bicyclic) bond motifs is 6. The predicted octanol–water partition coefficient (Wildman–Crippen LogP) is 2.97. The second-order valence-corrected chi connectivity index (χ2v) is 14.3. The number of benzene rings is 1. The van der Waals surface area contributed by atoms with Gasteiger partial charge in [-0.2, -0.15) is 0 Å². The van der Waals surface area contributed by atoms with Crippen LogP contribution in [0.15, 0.2) is 30.4 Å². The van der Waals surface area contributed by atoms with Gasteiger partial charge in [-0.25, -0.2) is 0 Å². The van der Waals surface area contributed by atoms with E-state index in [1.807, 2.05) is 25.1 Å². The summed E-state index contributed by atoms with van der Waals surface area (Å²) in [5, 5.41) is 36.6. The first-order chi connectivity index (χ1) is 20.0. The van der Waals surface area contributed by atoms with Crippen molar-refractivity contribution in [1.29, 1.82) is 0 Å². The van der Waals surface area contributed by atoms with Gasteiger partial charge in [-0.05, 0) is 86.9 Å². The van der Waals surface area contributed by atoms with Crippen molar-refractivity contribution in [2.75, 3.05) is 32.2 Å². The molecule has 3 saturated heterocycles. The van der Waals surface area contributed by atoms with Gasteiger partial charge in [0.05, 0.1) is 19.8 Å². The Labute approximate surface area is 247 Å². The second-order valence-electron chi connectivity index (χ2n) is 14.3. The Morgan fingerprint density at radius 1 is 1.17 bits per heavy atom. The zero-order chi connectivity index (χ0) is 29.8. The smallest absolute Gasteiger partial charge is 0.316 e. The van der Waals surface area contributed by atoms with E-state index in [9.17, 15) is 24.9 Å². The minimum atomic E-state index is -1.27. The number of esters is 1. The topological polar surface area (TPSA) is 129 Å². The zero-order valence-electron chi connectivity index (χ0n) is 24.9. The molecule has 2 aliphatic carbocycles. The van der Waals surface area contributed by atoms with Gasteiger partial charge in [-0.3, -0.25) is 14.5 Å². The summed E-state index contributed by atoms with van der Waals surface area (Å²) in [5.74, 6) is -0.597. The van der Waals surface area contributed by atoms with E-state index >= 15 is 0 Å². The number of rotatable bonds is 4. The van der Waals surface area contributed by atoms with E-state index in [1.165, 1.54) is 0 Å².